The predicted molar refractivity (Wildman–Crippen MR) is 155 cm³/mol. The zero-order valence-corrected chi connectivity index (χ0v) is 23.6. The first kappa shape index (κ1) is 26.6. The summed E-state index contributed by atoms with van der Waals surface area (Å²) in [5.41, 5.74) is 5.82. The van der Waals surface area contributed by atoms with Gasteiger partial charge in [-0.05, 0) is 43.5 Å². The van der Waals surface area contributed by atoms with Gasteiger partial charge in [0.05, 0.1) is 47.5 Å². The van der Waals surface area contributed by atoms with E-state index in [0.717, 1.165) is 34.4 Å². The Morgan fingerprint density at radius 1 is 1.07 bits per heavy atom. The van der Waals surface area contributed by atoms with Crippen molar-refractivity contribution in [3.05, 3.63) is 88.1 Å². The first-order valence-corrected chi connectivity index (χ1v) is 13.7. The SMILES string of the molecule is Cc1ccc(-n2cc(Cl)nn2)c(-c2cc(=O)n([C@H]3CCC[C@@H](C)C(=O)Nc4cnn(C)c4-c4cncc3c4)cn2)c1. The lowest BCUT2D eigenvalue weighted by atomic mass is 9.95. The second-order valence-corrected chi connectivity index (χ2v) is 10.8. The molecule has 1 aromatic carbocycles. The Morgan fingerprint density at radius 2 is 1.93 bits per heavy atom. The summed E-state index contributed by atoms with van der Waals surface area (Å²) in [4.78, 5) is 35.9. The fourth-order valence-corrected chi connectivity index (χ4v) is 5.45. The number of halogens is 1. The second-order valence-electron chi connectivity index (χ2n) is 10.4. The number of nitrogens with zero attached hydrogens (tertiary/aromatic N) is 8. The lowest BCUT2D eigenvalue weighted by Crippen LogP contribution is -2.26. The van der Waals surface area contributed by atoms with Gasteiger partial charge in [-0.1, -0.05) is 41.8 Å². The lowest BCUT2D eigenvalue weighted by Gasteiger charge is -2.22. The van der Waals surface area contributed by atoms with E-state index in [4.69, 9.17) is 16.6 Å². The molecule has 0 saturated heterocycles. The van der Waals surface area contributed by atoms with E-state index in [1.165, 1.54) is 0 Å². The minimum atomic E-state index is -0.325. The molecule has 1 aliphatic heterocycles. The monoisotopic (exact) mass is 569 g/mol. The summed E-state index contributed by atoms with van der Waals surface area (Å²) in [7, 11) is 1.82. The summed E-state index contributed by atoms with van der Waals surface area (Å²) in [5.74, 6) is -0.270. The van der Waals surface area contributed by atoms with E-state index in [2.05, 4.69) is 25.7 Å². The van der Waals surface area contributed by atoms with E-state index in [-0.39, 0.29) is 28.6 Å². The van der Waals surface area contributed by atoms with Crippen LogP contribution in [-0.2, 0) is 11.8 Å². The van der Waals surface area contributed by atoms with Gasteiger partial charge in [-0.15, -0.1) is 5.10 Å². The van der Waals surface area contributed by atoms with Crippen molar-refractivity contribution in [1.29, 1.82) is 0 Å². The van der Waals surface area contributed by atoms with Crippen molar-refractivity contribution in [2.24, 2.45) is 13.0 Å². The highest BCUT2D eigenvalue weighted by molar-refractivity contribution is 6.29. The van der Waals surface area contributed by atoms with Gasteiger partial charge in [-0.3, -0.25) is 23.8 Å². The predicted octanol–water partition coefficient (Wildman–Crippen LogP) is 4.60. The molecule has 1 aliphatic rings. The third-order valence-electron chi connectivity index (χ3n) is 7.49. The van der Waals surface area contributed by atoms with E-state index in [0.29, 0.717) is 29.9 Å². The standard InChI is InChI=1S/C29H28ClN9O2/c1-17-7-8-25(39-15-26(30)35-36-39)21(9-17)22-11-27(40)38(16-32-22)24-6-4-5-18(2)29(41)34-23-14-33-37(3)28(23)20-10-19(24)12-31-13-20/h7-16,18,24H,4-6H2,1-3H3,(H,34,41)/t18-,24+/m1/s1. The summed E-state index contributed by atoms with van der Waals surface area (Å²) in [6.45, 7) is 3.89. The van der Waals surface area contributed by atoms with Gasteiger partial charge in [0.15, 0.2) is 5.15 Å². The van der Waals surface area contributed by atoms with Crippen molar-refractivity contribution in [3.63, 3.8) is 0 Å². The molecular formula is C29H28ClN9O2. The lowest BCUT2D eigenvalue weighted by molar-refractivity contribution is -0.119. The van der Waals surface area contributed by atoms with Crippen molar-refractivity contribution in [2.75, 3.05) is 5.32 Å². The molecule has 0 saturated carbocycles. The highest BCUT2D eigenvalue weighted by atomic mass is 35.5. The number of hydrogen-bond acceptors (Lipinski definition) is 7. The highest BCUT2D eigenvalue weighted by Crippen LogP contribution is 2.33. The van der Waals surface area contributed by atoms with Gasteiger partial charge < -0.3 is 5.32 Å². The average Bonchev–Trinajstić information content (AvgIpc) is 3.55. The summed E-state index contributed by atoms with van der Waals surface area (Å²) < 4.78 is 4.93. The molecule has 208 valence electrons. The van der Waals surface area contributed by atoms with Crippen LogP contribution in [0.15, 0.2) is 66.2 Å². The Hall–Kier alpha value is -4.64. The van der Waals surface area contributed by atoms with Crippen LogP contribution in [-0.4, -0.2) is 45.2 Å². The van der Waals surface area contributed by atoms with Crippen LogP contribution in [0.25, 0.3) is 28.2 Å². The van der Waals surface area contributed by atoms with Gasteiger partial charge in [0, 0.05) is 42.6 Å². The smallest absolute Gasteiger partial charge is 0.254 e. The van der Waals surface area contributed by atoms with Gasteiger partial charge in [-0.25, -0.2) is 9.67 Å². The van der Waals surface area contributed by atoms with Crippen LogP contribution in [0.1, 0.15) is 43.4 Å². The normalized spacial score (nSPS) is 17.3. The molecule has 0 unspecified atom stereocenters. The maximum absolute atomic E-state index is 13.7. The maximum atomic E-state index is 13.7. The fraction of sp³-hybridized carbons (Fsp3) is 0.276. The van der Waals surface area contributed by atoms with Crippen molar-refractivity contribution in [2.45, 2.75) is 39.2 Å². The summed E-state index contributed by atoms with van der Waals surface area (Å²) in [6.07, 6.45) is 10.4. The molecule has 5 heterocycles. The number of anilines is 1. The number of rotatable bonds is 3. The topological polar surface area (TPSA) is 125 Å². The first-order valence-electron chi connectivity index (χ1n) is 13.3. The second kappa shape index (κ2) is 10.7. The molecular weight excluding hydrogens is 542 g/mol. The van der Waals surface area contributed by atoms with Crippen LogP contribution >= 0.6 is 11.6 Å². The van der Waals surface area contributed by atoms with Crippen LogP contribution in [0.2, 0.25) is 5.15 Å². The Labute approximate surface area is 240 Å². The molecule has 1 amide bonds. The van der Waals surface area contributed by atoms with E-state index in [9.17, 15) is 9.59 Å². The van der Waals surface area contributed by atoms with Crippen molar-refractivity contribution < 1.29 is 4.79 Å². The Balaban J connectivity index is 1.44. The van der Waals surface area contributed by atoms with Gasteiger partial charge in [0.2, 0.25) is 5.91 Å². The molecule has 2 bridgehead atoms. The fourth-order valence-electron chi connectivity index (χ4n) is 5.32. The summed E-state index contributed by atoms with van der Waals surface area (Å²) >= 11 is 6.02. The number of aromatic nitrogens is 8. The van der Waals surface area contributed by atoms with Crippen LogP contribution in [0.4, 0.5) is 5.69 Å². The van der Waals surface area contributed by atoms with Crippen LogP contribution in [0, 0.1) is 12.8 Å². The van der Waals surface area contributed by atoms with Gasteiger partial charge in [0.1, 0.15) is 0 Å². The van der Waals surface area contributed by atoms with Crippen molar-refractivity contribution in [3.8, 4) is 28.2 Å². The number of benzene rings is 1. The van der Waals surface area contributed by atoms with E-state index < -0.39 is 0 Å². The quantitative estimate of drug-likeness (QED) is 0.336. The third kappa shape index (κ3) is 5.16. The molecule has 0 aliphatic carbocycles. The number of amides is 1. The zero-order chi connectivity index (χ0) is 28.7. The molecule has 0 radical (unpaired) electrons. The van der Waals surface area contributed by atoms with Crippen molar-refractivity contribution in [1.82, 2.24) is 39.3 Å². The molecule has 11 nitrogen and oxygen atoms in total. The minimum absolute atomic E-state index is 0.0636. The largest absolute Gasteiger partial charge is 0.323 e. The zero-order valence-electron chi connectivity index (χ0n) is 22.8. The number of carbonyl (C=O) groups excluding carboxylic acids is 1. The molecule has 0 fully saturated rings. The number of carbonyl (C=O) groups is 1. The number of aryl methyl sites for hydroxylation is 2. The summed E-state index contributed by atoms with van der Waals surface area (Å²) in [5, 5.41) is 15.6. The third-order valence-corrected chi connectivity index (χ3v) is 7.66. The van der Waals surface area contributed by atoms with E-state index in [1.807, 2.05) is 45.2 Å². The molecule has 6 rings (SSSR count). The van der Waals surface area contributed by atoms with Gasteiger partial charge in [0.25, 0.3) is 5.56 Å². The Bertz CT molecular complexity index is 1820. The maximum Gasteiger partial charge on any atom is 0.254 e. The van der Waals surface area contributed by atoms with Crippen molar-refractivity contribution >= 4 is 23.2 Å². The molecule has 41 heavy (non-hydrogen) atoms. The van der Waals surface area contributed by atoms with Crippen LogP contribution in [0.3, 0.4) is 0 Å². The molecule has 1 N–H and O–H groups in total. The van der Waals surface area contributed by atoms with Gasteiger partial charge >= 0.3 is 0 Å². The number of fused-ring (bicyclic) bond motifs is 4. The molecule has 12 heteroatoms. The van der Waals surface area contributed by atoms with Crippen LogP contribution in [0.5, 0.6) is 0 Å². The van der Waals surface area contributed by atoms with E-state index in [1.54, 1.807) is 51.1 Å². The molecule has 2 atom stereocenters. The average molecular weight is 570 g/mol. The Kier molecular flexibility index (Phi) is 6.96. The van der Waals surface area contributed by atoms with Crippen LogP contribution < -0.4 is 10.9 Å². The number of nitrogens with one attached hydrogen (secondary N) is 1. The molecule has 4 aromatic heterocycles. The molecule has 5 aromatic rings. The molecule has 0 spiro atoms. The minimum Gasteiger partial charge on any atom is -0.323 e. The number of hydrogen-bond donors (Lipinski definition) is 1. The first-order chi connectivity index (χ1) is 19.8. The number of pyridine rings is 1. The van der Waals surface area contributed by atoms with Gasteiger partial charge in [-0.2, -0.15) is 5.10 Å². The summed E-state index contributed by atoms with van der Waals surface area (Å²) in [6, 6.07) is 9.03. The Morgan fingerprint density at radius 3 is 2.71 bits per heavy atom. The highest BCUT2D eigenvalue weighted by Gasteiger charge is 2.24. The van der Waals surface area contributed by atoms with E-state index >= 15 is 0 Å².